The van der Waals surface area contributed by atoms with E-state index < -0.39 is 0 Å². The van der Waals surface area contributed by atoms with Crippen LogP contribution in [0.2, 0.25) is 0 Å². The maximum atomic E-state index is 6.11. The smallest absolute Gasteiger partial charge is 0.0475 e. The van der Waals surface area contributed by atoms with Crippen molar-refractivity contribution in [1.29, 1.82) is 0 Å². The highest BCUT2D eigenvalue weighted by molar-refractivity contribution is 6.20. The van der Waals surface area contributed by atoms with Crippen molar-refractivity contribution in [2.24, 2.45) is 0 Å². The maximum Gasteiger partial charge on any atom is 0.0475 e. The molecular formula is C12H23ClN2. The number of piperidine rings is 1. The van der Waals surface area contributed by atoms with Gasteiger partial charge in [-0.3, -0.25) is 0 Å². The average Bonchev–Trinajstić information content (AvgIpc) is 2.63. The zero-order valence-corrected chi connectivity index (χ0v) is 10.5. The van der Waals surface area contributed by atoms with E-state index in [-0.39, 0.29) is 0 Å². The van der Waals surface area contributed by atoms with Gasteiger partial charge in [0, 0.05) is 18.0 Å². The molecule has 3 heteroatoms. The van der Waals surface area contributed by atoms with E-state index in [1.807, 2.05) is 0 Å². The summed E-state index contributed by atoms with van der Waals surface area (Å²) in [6.45, 7) is 4.86. The van der Waals surface area contributed by atoms with Gasteiger partial charge in [-0.2, -0.15) is 0 Å². The SMILES string of the molecule is CN1CCCCC1CCN1CCC(Cl)C1. The van der Waals surface area contributed by atoms with E-state index in [4.69, 9.17) is 11.6 Å². The van der Waals surface area contributed by atoms with Crippen LogP contribution >= 0.6 is 11.6 Å². The van der Waals surface area contributed by atoms with Crippen molar-refractivity contribution in [2.75, 3.05) is 33.2 Å². The van der Waals surface area contributed by atoms with E-state index in [9.17, 15) is 0 Å². The number of rotatable bonds is 3. The fourth-order valence-corrected chi connectivity index (χ4v) is 3.12. The number of nitrogens with zero attached hydrogens (tertiary/aromatic N) is 2. The first-order valence-electron chi connectivity index (χ1n) is 6.32. The molecule has 0 aliphatic carbocycles. The van der Waals surface area contributed by atoms with Gasteiger partial charge in [0.1, 0.15) is 0 Å². The predicted molar refractivity (Wildman–Crippen MR) is 65.6 cm³/mol. The minimum Gasteiger partial charge on any atom is -0.303 e. The zero-order chi connectivity index (χ0) is 10.7. The van der Waals surface area contributed by atoms with Crippen LogP contribution in [-0.4, -0.2) is 54.4 Å². The van der Waals surface area contributed by atoms with Crippen molar-refractivity contribution in [3.05, 3.63) is 0 Å². The van der Waals surface area contributed by atoms with E-state index in [0.717, 1.165) is 12.6 Å². The van der Waals surface area contributed by atoms with E-state index in [1.165, 1.54) is 51.7 Å². The highest BCUT2D eigenvalue weighted by atomic mass is 35.5. The predicted octanol–water partition coefficient (Wildman–Crippen LogP) is 2.17. The molecule has 0 N–H and O–H groups in total. The standard InChI is InChI=1S/C12H23ClN2/c1-14-7-3-2-4-12(14)6-9-15-8-5-11(13)10-15/h11-12H,2-10H2,1H3. The Morgan fingerprint density at radius 1 is 1.20 bits per heavy atom. The molecule has 0 amide bonds. The Morgan fingerprint density at radius 3 is 2.73 bits per heavy atom. The van der Waals surface area contributed by atoms with E-state index in [2.05, 4.69) is 16.8 Å². The summed E-state index contributed by atoms with van der Waals surface area (Å²) in [7, 11) is 2.28. The average molecular weight is 231 g/mol. The summed E-state index contributed by atoms with van der Waals surface area (Å²) in [4.78, 5) is 5.07. The Labute approximate surface area is 98.6 Å². The molecule has 2 rings (SSSR count). The molecule has 15 heavy (non-hydrogen) atoms. The van der Waals surface area contributed by atoms with Crippen LogP contribution in [0.25, 0.3) is 0 Å². The van der Waals surface area contributed by atoms with E-state index in [1.54, 1.807) is 0 Å². The van der Waals surface area contributed by atoms with Crippen LogP contribution in [-0.2, 0) is 0 Å². The lowest BCUT2D eigenvalue weighted by molar-refractivity contribution is 0.160. The van der Waals surface area contributed by atoms with Crippen LogP contribution < -0.4 is 0 Å². The zero-order valence-electron chi connectivity index (χ0n) is 9.79. The van der Waals surface area contributed by atoms with Crippen molar-refractivity contribution < 1.29 is 0 Å². The lowest BCUT2D eigenvalue weighted by Gasteiger charge is -2.33. The quantitative estimate of drug-likeness (QED) is 0.686. The van der Waals surface area contributed by atoms with Crippen molar-refractivity contribution >= 4 is 11.6 Å². The summed E-state index contributed by atoms with van der Waals surface area (Å²) < 4.78 is 0. The third kappa shape index (κ3) is 3.33. The molecule has 0 aromatic heterocycles. The second-order valence-electron chi connectivity index (χ2n) is 5.11. The third-order valence-corrected chi connectivity index (χ3v) is 4.27. The molecule has 0 radical (unpaired) electrons. The molecule has 2 unspecified atom stereocenters. The molecule has 88 valence electrons. The molecule has 0 bridgehead atoms. The molecule has 2 heterocycles. The highest BCUT2D eigenvalue weighted by Gasteiger charge is 2.23. The van der Waals surface area contributed by atoms with Crippen LogP contribution in [0, 0.1) is 0 Å². The molecule has 2 aliphatic rings. The third-order valence-electron chi connectivity index (χ3n) is 3.91. The Kier molecular flexibility index (Phi) is 4.30. The molecular weight excluding hydrogens is 208 g/mol. The van der Waals surface area contributed by atoms with Gasteiger partial charge in [0.25, 0.3) is 0 Å². The maximum absolute atomic E-state index is 6.11. The largest absolute Gasteiger partial charge is 0.303 e. The van der Waals surface area contributed by atoms with Crippen LogP contribution in [0.4, 0.5) is 0 Å². The van der Waals surface area contributed by atoms with E-state index >= 15 is 0 Å². The van der Waals surface area contributed by atoms with Gasteiger partial charge in [-0.1, -0.05) is 6.42 Å². The minimum absolute atomic E-state index is 0.411. The van der Waals surface area contributed by atoms with Gasteiger partial charge in [-0.05, 0) is 52.4 Å². The summed E-state index contributed by atoms with van der Waals surface area (Å²) in [6, 6.07) is 0.827. The monoisotopic (exact) mass is 230 g/mol. The van der Waals surface area contributed by atoms with Crippen LogP contribution in [0.5, 0.6) is 0 Å². The molecule has 2 fully saturated rings. The number of hydrogen-bond acceptors (Lipinski definition) is 2. The van der Waals surface area contributed by atoms with E-state index in [0.29, 0.717) is 5.38 Å². The molecule has 0 aromatic rings. The second kappa shape index (κ2) is 5.51. The lowest BCUT2D eigenvalue weighted by Crippen LogP contribution is -2.38. The van der Waals surface area contributed by atoms with Crippen LogP contribution in [0.3, 0.4) is 0 Å². The molecule has 0 aromatic carbocycles. The fraction of sp³-hybridized carbons (Fsp3) is 1.00. The van der Waals surface area contributed by atoms with Crippen LogP contribution in [0.15, 0.2) is 0 Å². The Balaban J connectivity index is 1.68. The molecule has 0 saturated carbocycles. The summed E-state index contributed by atoms with van der Waals surface area (Å²) in [5.41, 5.74) is 0. The van der Waals surface area contributed by atoms with Gasteiger partial charge in [-0.15, -0.1) is 11.6 Å². The van der Waals surface area contributed by atoms with Crippen molar-refractivity contribution in [3.8, 4) is 0 Å². The van der Waals surface area contributed by atoms with Gasteiger partial charge in [0.15, 0.2) is 0 Å². The molecule has 0 spiro atoms. The summed E-state index contributed by atoms with van der Waals surface area (Å²) in [5, 5.41) is 0.411. The Hall–Kier alpha value is 0.210. The number of hydrogen-bond donors (Lipinski definition) is 0. The van der Waals surface area contributed by atoms with Gasteiger partial charge >= 0.3 is 0 Å². The van der Waals surface area contributed by atoms with Gasteiger partial charge < -0.3 is 9.80 Å². The molecule has 2 saturated heterocycles. The first kappa shape index (κ1) is 11.7. The Bertz CT molecular complexity index is 198. The summed E-state index contributed by atoms with van der Waals surface area (Å²) in [5.74, 6) is 0. The number of halogens is 1. The van der Waals surface area contributed by atoms with Gasteiger partial charge in [0.05, 0.1) is 0 Å². The molecule has 2 atom stereocenters. The molecule has 2 aliphatic heterocycles. The lowest BCUT2D eigenvalue weighted by atomic mass is 10.00. The molecule has 2 nitrogen and oxygen atoms in total. The van der Waals surface area contributed by atoms with Gasteiger partial charge in [0.2, 0.25) is 0 Å². The summed E-state index contributed by atoms with van der Waals surface area (Å²) >= 11 is 6.11. The first-order valence-corrected chi connectivity index (χ1v) is 6.76. The van der Waals surface area contributed by atoms with Crippen molar-refractivity contribution in [2.45, 2.75) is 43.5 Å². The number of alkyl halides is 1. The normalized spacial score (nSPS) is 34.8. The highest BCUT2D eigenvalue weighted by Crippen LogP contribution is 2.20. The minimum atomic E-state index is 0.411. The summed E-state index contributed by atoms with van der Waals surface area (Å²) in [6.07, 6.45) is 6.73. The van der Waals surface area contributed by atoms with Crippen molar-refractivity contribution in [3.63, 3.8) is 0 Å². The number of likely N-dealkylation sites (tertiary alicyclic amines) is 2. The second-order valence-corrected chi connectivity index (χ2v) is 5.72. The topological polar surface area (TPSA) is 6.48 Å². The first-order chi connectivity index (χ1) is 7.25. The van der Waals surface area contributed by atoms with Gasteiger partial charge in [-0.25, -0.2) is 0 Å². The van der Waals surface area contributed by atoms with Crippen LogP contribution in [0.1, 0.15) is 32.1 Å². The fourth-order valence-electron chi connectivity index (χ4n) is 2.83. The van der Waals surface area contributed by atoms with Crippen molar-refractivity contribution in [1.82, 2.24) is 9.80 Å². The Morgan fingerprint density at radius 2 is 2.07 bits per heavy atom.